The lowest BCUT2D eigenvalue weighted by Gasteiger charge is -2.57. The third-order valence-electron chi connectivity index (χ3n) is 6.24. The van der Waals surface area contributed by atoms with Gasteiger partial charge in [-0.25, -0.2) is 0 Å². The van der Waals surface area contributed by atoms with Gasteiger partial charge in [-0.2, -0.15) is 0 Å². The van der Waals surface area contributed by atoms with E-state index in [9.17, 15) is 0 Å². The summed E-state index contributed by atoms with van der Waals surface area (Å²) in [5.41, 5.74) is 0. The minimum absolute atomic E-state index is 1.01. The first kappa shape index (κ1) is 10.8. The maximum atomic E-state index is 2.93. The number of likely N-dealkylation sites (tertiary alicyclic amines) is 1. The fraction of sp³-hybridized carbons (Fsp3) is 1.00. The molecule has 17 heavy (non-hydrogen) atoms. The normalized spacial score (nSPS) is 50.5. The van der Waals surface area contributed by atoms with E-state index in [1.165, 1.54) is 38.8 Å². The Morgan fingerprint density at radius 1 is 0.588 bits per heavy atom. The van der Waals surface area contributed by atoms with Gasteiger partial charge in [0, 0.05) is 6.04 Å². The van der Waals surface area contributed by atoms with Gasteiger partial charge in [0.15, 0.2) is 0 Å². The number of nitrogens with zero attached hydrogens (tertiary/aromatic N) is 1. The SMILES string of the molecule is C1CCCN(C2C3CC4CC(C3)CC2C4)CC1. The molecule has 4 bridgehead atoms. The Bertz CT molecular complexity index is 249. The van der Waals surface area contributed by atoms with Crippen molar-refractivity contribution in [2.45, 2.75) is 63.8 Å². The second kappa shape index (κ2) is 4.26. The summed E-state index contributed by atoms with van der Waals surface area (Å²) in [6, 6.07) is 1.01. The fourth-order valence-electron chi connectivity index (χ4n) is 5.89. The second-order valence-electron chi connectivity index (χ2n) is 7.37. The van der Waals surface area contributed by atoms with Crippen LogP contribution >= 0.6 is 0 Å². The molecule has 0 N–H and O–H groups in total. The summed E-state index contributed by atoms with van der Waals surface area (Å²) in [5.74, 6) is 4.48. The van der Waals surface area contributed by atoms with Gasteiger partial charge in [-0.15, -0.1) is 0 Å². The molecule has 0 atom stereocenters. The zero-order valence-electron chi connectivity index (χ0n) is 11.1. The van der Waals surface area contributed by atoms with Gasteiger partial charge >= 0.3 is 0 Å². The molecule has 5 aliphatic rings. The molecule has 0 radical (unpaired) electrons. The Hall–Kier alpha value is -0.0400. The van der Waals surface area contributed by atoms with E-state index in [4.69, 9.17) is 0 Å². The zero-order valence-corrected chi connectivity index (χ0v) is 11.1. The summed E-state index contributed by atoms with van der Waals surface area (Å²) in [4.78, 5) is 2.93. The Balaban J connectivity index is 1.53. The minimum atomic E-state index is 1.01. The van der Waals surface area contributed by atoms with Crippen molar-refractivity contribution in [1.82, 2.24) is 4.90 Å². The summed E-state index contributed by atoms with van der Waals surface area (Å²) in [6.07, 6.45) is 13.9. The molecule has 0 spiro atoms. The van der Waals surface area contributed by atoms with Crippen LogP contribution in [0, 0.1) is 23.7 Å². The quantitative estimate of drug-likeness (QED) is 0.667. The van der Waals surface area contributed by atoms with Crippen LogP contribution in [0.4, 0.5) is 0 Å². The standard InChI is InChI=1S/C16H27N/c1-2-4-6-17(5-3-1)16-14-8-12-7-13(10-14)11-15(16)9-12/h12-16H,1-11H2. The van der Waals surface area contributed by atoms with Gasteiger partial charge in [-0.3, -0.25) is 4.90 Å². The molecule has 4 saturated carbocycles. The topological polar surface area (TPSA) is 3.24 Å². The third-order valence-corrected chi connectivity index (χ3v) is 6.24. The summed E-state index contributed by atoms with van der Waals surface area (Å²) in [7, 11) is 0. The Labute approximate surface area is 106 Å². The first-order chi connectivity index (χ1) is 8.40. The summed E-state index contributed by atoms with van der Waals surface area (Å²) in [6.45, 7) is 2.85. The van der Waals surface area contributed by atoms with Crippen molar-refractivity contribution in [3.8, 4) is 0 Å². The van der Waals surface area contributed by atoms with E-state index < -0.39 is 0 Å². The van der Waals surface area contributed by atoms with Crippen molar-refractivity contribution >= 4 is 0 Å². The average Bonchev–Trinajstić information content (AvgIpc) is 2.56. The smallest absolute Gasteiger partial charge is 0.0152 e. The molecule has 1 heterocycles. The number of hydrogen-bond donors (Lipinski definition) is 0. The molecule has 5 fully saturated rings. The van der Waals surface area contributed by atoms with E-state index in [2.05, 4.69) is 4.90 Å². The maximum absolute atomic E-state index is 2.93. The Morgan fingerprint density at radius 3 is 1.65 bits per heavy atom. The molecule has 0 aromatic heterocycles. The van der Waals surface area contributed by atoms with Gasteiger partial charge in [0.2, 0.25) is 0 Å². The molecule has 96 valence electrons. The highest BCUT2D eigenvalue weighted by Crippen LogP contribution is 2.55. The van der Waals surface area contributed by atoms with Crippen LogP contribution in [0.3, 0.4) is 0 Å². The van der Waals surface area contributed by atoms with Crippen molar-refractivity contribution < 1.29 is 0 Å². The Kier molecular flexibility index (Phi) is 2.72. The highest BCUT2D eigenvalue weighted by Gasteiger charge is 2.49. The highest BCUT2D eigenvalue weighted by atomic mass is 15.2. The third kappa shape index (κ3) is 1.85. The molecule has 1 heteroatoms. The van der Waals surface area contributed by atoms with Crippen molar-refractivity contribution in [1.29, 1.82) is 0 Å². The van der Waals surface area contributed by atoms with Gasteiger partial charge in [0.05, 0.1) is 0 Å². The second-order valence-corrected chi connectivity index (χ2v) is 7.37. The van der Waals surface area contributed by atoms with E-state index in [-0.39, 0.29) is 0 Å². The van der Waals surface area contributed by atoms with Gasteiger partial charge in [-0.1, -0.05) is 12.8 Å². The lowest BCUT2D eigenvalue weighted by Crippen LogP contribution is -2.56. The lowest BCUT2D eigenvalue weighted by atomic mass is 9.54. The van der Waals surface area contributed by atoms with Crippen LogP contribution in [0.1, 0.15) is 57.8 Å². The largest absolute Gasteiger partial charge is 0.300 e. The molecular formula is C16H27N. The van der Waals surface area contributed by atoms with E-state index in [1.807, 2.05) is 0 Å². The van der Waals surface area contributed by atoms with Gasteiger partial charge in [0.1, 0.15) is 0 Å². The van der Waals surface area contributed by atoms with Crippen molar-refractivity contribution in [3.63, 3.8) is 0 Å². The molecule has 1 saturated heterocycles. The molecule has 4 aliphatic carbocycles. The van der Waals surface area contributed by atoms with Crippen molar-refractivity contribution in [2.24, 2.45) is 23.7 Å². The Morgan fingerprint density at radius 2 is 1.12 bits per heavy atom. The van der Waals surface area contributed by atoms with Crippen LogP contribution in [0.2, 0.25) is 0 Å². The first-order valence-electron chi connectivity index (χ1n) is 8.14. The van der Waals surface area contributed by atoms with Gasteiger partial charge in [0.25, 0.3) is 0 Å². The summed E-state index contributed by atoms with van der Waals surface area (Å²) < 4.78 is 0. The molecule has 5 rings (SSSR count). The van der Waals surface area contributed by atoms with E-state index >= 15 is 0 Å². The molecule has 0 aromatic rings. The molecule has 0 aromatic carbocycles. The number of rotatable bonds is 1. The van der Waals surface area contributed by atoms with E-state index in [0.717, 1.165) is 29.7 Å². The molecule has 1 nitrogen and oxygen atoms in total. The van der Waals surface area contributed by atoms with Crippen LogP contribution in [0.25, 0.3) is 0 Å². The fourth-order valence-corrected chi connectivity index (χ4v) is 5.89. The lowest BCUT2D eigenvalue weighted by molar-refractivity contribution is -0.0643. The molecule has 0 unspecified atom stereocenters. The number of hydrogen-bond acceptors (Lipinski definition) is 1. The molecule has 0 amide bonds. The zero-order chi connectivity index (χ0) is 11.2. The van der Waals surface area contributed by atoms with Crippen LogP contribution in [0.5, 0.6) is 0 Å². The maximum Gasteiger partial charge on any atom is 0.0152 e. The van der Waals surface area contributed by atoms with Crippen LogP contribution in [0.15, 0.2) is 0 Å². The van der Waals surface area contributed by atoms with Gasteiger partial charge in [-0.05, 0) is 81.7 Å². The first-order valence-corrected chi connectivity index (χ1v) is 8.14. The molecule has 1 aliphatic heterocycles. The van der Waals surface area contributed by atoms with Crippen LogP contribution in [-0.4, -0.2) is 24.0 Å². The van der Waals surface area contributed by atoms with E-state index in [0.29, 0.717) is 0 Å². The van der Waals surface area contributed by atoms with Crippen molar-refractivity contribution in [2.75, 3.05) is 13.1 Å². The van der Waals surface area contributed by atoms with Crippen LogP contribution < -0.4 is 0 Å². The predicted octanol–water partition coefficient (Wildman–Crippen LogP) is 3.69. The predicted molar refractivity (Wildman–Crippen MR) is 70.9 cm³/mol. The summed E-state index contributed by atoms with van der Waals surface area (Å²) in [5, 5.41) is 0. The highest BCUT2D eigenvalue weighted by molar-refractivity contribution is 5.02. The van der Waals surface area contributed by atoms with Gasteiger partial charge < -0.3 is 0 Å². The van der Waals surface area contributed by atoms with Crippen LogP contribution in [-0.2, 0) is 0 Å². The monoisotopic (exact) mass is 233 g/mol. The average molecular weight is 233 g/mol. The summed E-state index contributed by atoms with van der Waals surface area (Å²) >= 11 is 0. The molecular weight excluding hydrogens is 206 g/mol. The van der Waals surface area contributed by atoms with E-state index in [1.54, 1.807) is 32.1 Å². The van der Waals surface area contributed by atoms with Crippen molar-refractivity contribution in [3.05, 3.63) is 0 Å². The minimum Gasteiger partial charge on any atom is -0.300 e.